The molecule has 0 spiro atoms. The molecule has 1 unspecified atom stereocenters. The summed E-state index contributed by atoms with van der Waals surface area (Å²) in [4.78, 5) is 1.89. The SMILES string of the molecule is Fc1ccc(OCCCN2CCCC(F)(F)C2Cc2ccccc2)cc1. The molecule has 0 aliphatic carbocycles. The van der Waals surface area contributed by atoms with E-state index in [1.165, 1.54) is 12.1 Å². The summed E-state index contributed by atoms with van der Waals surface area (Å²) in [6.07, 6.45) is 1.47. The topological polar surface area (TPSA) is 12.5 Å². The van der Waals surface area contributed by atoms with Crippen LogP contribution in [0, 0.1) is 5.82 Å². The molecule has 2 aromatic carbocycles. The second-order valence-corrected chi connectivity index (χ2v) is 6.76. The molecule has 0 saturated carbocycles. The second-order valence-electron chi connectivity index (χ2n) is 6.76. The van der Waals surface area contributed by atoms with Gasteiger partial charge in [0.25, 0.3) is 5.92 Å². The minimum atomic E-state index is -2.67. The zero-order valence-corrected chi connectivity index (χ0v) is 14.7. The maximum absolute atomic E-state index is 14.5. The maximum Gasteiger partial charge on any atom is 0.263 e. The summed E-state index contributed by atoms with van der Waals surface area (Å²) in [7, 11) is 0. The van der Waals surface area contributed by atoms with Gasteiger partial charge in [-0.15, -0.1) is 0 Å². The van der Waals surface area contributed by atoms with Crippen LogP contribution in [0.4, 0.5) is 13.2 Å². The molecule has 0 N–H and O–H groups in total. The first-order chi connectivity index (χ1) is 12.5. The van der Waals surface area contributed by atoms with E-state index in [1.807, 2.05) is 35.2 Å². The number of alkyl halides is 2. The highest BCUT2D eigenvalue weighted by Crippen LogP contribution is 2.35. The van der Waals surface area contributed by atoms with Gasteiger partial charge in [0.15, 0.2) is 0 Å². The van der Waals surface area contributed by atoms with Crippen molar-refractivity contribution in [1.82, 2.24) is 4.90 Å². The fourth-order valence-corrected chi connectivity index (χ4v) is 3.48. The molecule has 1 saturated heterocycles. The number of piperidine rings is 1. The Morgan fingerprint density at radius 2 is 1.77 bits per heavy atom. The van der Waals surface area contributed by atoms with E-state index in [1.54, 1.807) is 12.1 Å². The van der Waals surface area contributed by atoms with Crippen LogP contribution in [0.1, 0.15) is 24.8 Å². The molecular weight excluding hydrogens is 339 g/mol. The number of hydrogen-bond donors (Lipinski definition) is 0. The number of likely N-dealkylation sites (tertiary alicyclic amines) is 1. The van der Waals surface area contributed by atoms with E-state index in [9.17, 15) is 13.2 Å². The van der Waals surface area contributed by atoms with Crippen LogP contribution in [0.2, 0.25) is 0 Å². The first-order valence-electron chi connectivity index (χ1n) is 9.09. The van der Waals surface area contributed by atoms with E-state index >= 15 is 0 Å². The quantitative estimate of drug-likeness (QED) is 0.646. The molecular formula is C21H24F3NO. The maximum atomic E-state index is 14.5. The molecule has 2 aromatic rings. The van der Waals surface area contributed by atoms with Crippen molar-refractivity contribution in [2.75, 3.05) is 19.7 Å². The normalized spacial score (nSPS) is 20.0. The van der Waals surface area contributed by atoms with E-state index in [4.69, 9.17) is 4.74 Å². The van der Waals surface area contributed by atoms with Gasteiger partial charge in [-0.05, 0) is 55.6 Å². The average Bonchev–Trinajstić information content (AvgIpc) is 2.63. The van der Waals surface area contributed by atoms with Crippen molar-refractivity contribution in [3.8, 4) is 5.75 Å². The van der Waals surface area contributed by atoms with Gasteiger partial charge in [0.2, 0.25) is 0 Å². The van der Waals surface area contributed by atoms with E-state index in [0.29, 0.717) is 44.7 Å². The van der Waals surface area contributed by atoms with Gasteiger partial charge in [0, 0.05) is 13.0 Å². The molecule has 26 heavy (non-hydrogen) atoms. The van der Waals surface area contributed by atoms with E-state index in [-0.39, 0.29) is 12.2 Å². The molecule has 0 amide bonds. The minimum absolute atomic E-state index is 0.0485. The van der Waals surface area contributed by atoms with Gasteiger partial charge in [0.1, 0.15) is 11.6 Å². The van der Waals surface area contributed by atoms with Gasteiger partial charge in [0.05, 0.1) is 12.6 Å². The summed E-state index contributed by atoms with van der Waals surface area (Å²) in [5.74, 6) is -2.39. The lowest BCUT2D eigenvalue weighted by Gasteiger charge is -2.41. The third kappa shape index (κ3) is 5.01. The van der Waals surface area contributed by atoms with Crippen molar-refractivity contribution < 1.29 is 17.9 Å². The zero-order chi connectivity index (χ0) is 18.4. The summed E-state index contributed by atoms with van der Waals surface area (Å²) < 4.78 is 47.5. The molecule has 1 aliphatic rings. The lowest BCUT2D eigenvalue weighted by Crippen LogP contribution is -2.53. The summed E-state index contributed by atoms with van der Waals surface area (Å²) in [6.45, 7) is 1.67. The minimum Gasteiger partial charge on any atom is -0.494 e. The predicted molar refractivity (Wildman–Crippen MR) is 96.2 cm³/mol. The Labute approximate surface area is 152 Å². The number of halogens is 3. The van der Waals surface area contributed by atoms with Crippen LogP contribution in [0.5, 0.6) is 5.75 Å². The smallest absolute Gasteiger partial charge is 0.263 e. The largest absolute Gasteiger partial charge is 0.494 e. The average molecular weight is 363 g/mol. The molecule has 0 radical (unpaired) electrons. The molecule has 3 rings (SSSR count). The third-order valence-corrected chi connectivity index (χ3v) is 4.83. The monoisotopic (exact) mass is 363 g/mol. The second kappa shape index (κ2) is 8.58. The Kier molecular flexibility index (Phi) is 6.20. The Morgan fingerprint density at radius 3 is 2.50 bits per heavy atom. The van der Waals surface area contributed by atoms with Crippen LogP contribution in [0.3, 0.4) is 0 Å². The summed E-state index contributed by atoms with van der Waals surface area (Å²) >= 11 is 0. The van der Waals surface area contributed by atoms with E-state index < -0.39 is 12.0 Å². The van der Waals surface area contributed by atoms with Crippen molar-refractivity contribution in [3.05, 3.63) is 66.0 Å². The van der Waals surface area contributed by atoms with Crippen LogP contribution in [-0.4, -0.2) is 36.6 Å². The number of rotatable bonds is 7. The number of benzene rings is 2. The van der Waals surface area contributed by atoms with E-state index in [2.05, 4.69) is 0 Å². The van der Waals surface area contributed by atoms with Gasteiger partial charge in [-0.25, -0.2) is 13.2 Å². The Balaban J connectivity index is 1.54. The van der Waals surface area contributed by atoms with Crippen LogP contribution in [0.15, 0.2) is 54.6 Å². The molecule has 2 nitrogen and oxygen atoms in total. The van der Waals surface area contributed by atoms with Crippen LogP contribution in [0.25, 0.3) is 0 Å². The first-order valence-corrected chi connectivity index (χ1v) is 9.09. The molecule has 1 fully saturated rings. The van der Waals surface area contributed by atoms with Gasteiger partial charge < -0.3 is 4.74 Å². The van der Waals surface area contributed by atoms with Crippen molar-refractivity contribution in [2.45, 2.75) is 37.6 Å². The summed E-state index contributed by atoms with van der Waals surface area (Å²) in [5.41, 5.74) is 0.937. The highest BCUT2D eigenvalue weighted by Gasteiger charge is 2.45. The Morgan fingerprint density at radius 1 is 1.04 bits per heavy atom. The van der Waals surface area contributed by atoms with Crippen LogP contribution >= 0.6 is 0 Å². The first kappa shape index (κ1) is 18.8. The molecule has 1 aliphatic heterocycles. The number of hydrogen-bond acceptors (Lipinski definition) is 2. The predicted octanol–water partition coefficient (Wildman–Crippen LogP) is 4.94. The molecule has 0 aromatic heterocycles. The Bertz CT molecular complexity index is 675. The van der Waals surface area contributed by atoms with Crippen molar-refractivity contribution in [2.24, 2.45) is 0 Å². The lowest BCUT2D eigenvalue weighted by atomic mass is 9.92. The van der Waals surface area contributed by atoms with E-state index in [0.717, 1.165) is 5.56 Å². The lowest BCUT2D eigenvalue weighted by molar-refractivity contribution is -0.113. The molecule has 140 valence electrons. The highest BCUT2D eigenvalue weighted by atomic mass is 19.3. The van der Waals surface area contributed by atoms with Crippen molar-refractivity contribution in [3.63, 3.8) is 0 Å². The molecule has 0 bridgehead atoms. The van der Waals surface area contributed by atoms with Crippen LogP contribution in [-0.2, 0) is 6.42 Å². The summed E-state index contributed by atoms with van der Waals surface area (Å²) in [6, 6.07) is 14.5. The number of nitrogens with zero attached hydrogens (tertiary/aromatic N) is 1. The van der Waals surface area contributed by atoms with Gasteiger partial charge >= 0.3 is 0 Å². The fraction of sp³-hybridized carbons (Fsp3) is 0.429. The third-order valence-electron chi connectivity index (χ3n) is 4.83. The van der Waals surface area contributed by atoms with Gasteiger partial charge in [-0.3, -0.25) is 4.90 Å². The molecule has 1 heterocycles. The van der Waals surface area contributed by atoms with Crippen LogP contribution < -0.4 is 4.74 Å². The van der Waals surface area contributed by atoms with Crippen molar-refractivity contribution in [1.29, 1.82) is 0 Å². The fourth-order valence-electron chi connectivity index (χ4n) is 3.48. The zero-order valence-electron chi connectivity index (χ0n) is 14.7. The van der Waals surface area contributed by atoms with Crippen molar-refractivity contribution >= 4 is 0 Å². The van der Waals surface area contributed by atoms with Gasteiger partial charge in [-0.2, -0.15) is 0 Å². The summed E-state index contributed by atoms with van der Waals surface area (Å²) in [5, 5.41) is 0. The molecule has 1 atom stereocenters. The van der Waals surface area contributed by atoms with Gasteiger partial charge in [-0.1, -0.05) is 30.3 Å². The standard InChI is InChI=1S/C21H24F3NO/c22-18-8-10-19(11-9-18)26-15-5-14-25-13-4-12-21(23,24)20(25)16-17-6-2-1-3-7-17/h1-3,6-11,20H,4-5,12-16H2. The Hall–Kier alpha value is -2.01. The highest BCUT2D eigenvalue weighted by molar-refractivity contribution is 5.22. The molecule has 5 heteroatoms. The number of ether oxygens (including phenoxy) is 1.